The van der Waals surface area contributed by atoms with E-state index in [9.17, 15) is 14.4 Å². The molecular weight excluding hydrogens is 356 g/mol. The molecule has 2 heterocycles. The quantitative estimate of drug-likeness (QED) is 0.798. The molecule has 3 N–H and O–H groups in total. The average molecular weight is 378 g/mol. The van der Waals surface area contributed by atoms with Gasteiger partial charge in [0.2, 0.25) is 5.91 Å². The molecule has 0 radical (unpaired) electrons. The summed E-state index contributed by atoms with van der Waals surface area (Å²) in [6.45, 7) is 0.585. The number of pyridine rings is 1. The average Bonchev–Trinajstić information content (AvgIpc) is 3.09. The van der Waals surface area contributed by atoms with Gasteiger partial charge < -0.3 is 16.0 Å². The predicted molar refractivity (Wildman–Crippen MR) is 103 cm³/mol. The smallest absolute Gasteiger partial charge is 0.313 e. The van der Waals surface area contributed by atoms with Crippen LogP contribution in [0, 0.1) is 11.8 Å². The van der Waals surface area contributed by atoms with E-state index in [4.69, 9.17) is 5.73 Å². The monoisotopic (exact) mass is 378 g/mol. The number of piperidine rings is 1. The van der Waals surface area contributed by atoms with Crippen molar-refractivity contribution in [1.82, 2.24) is 9.88 Å². The second-order valence-corrected chi connectivity index (χ2v) is 7.53. The van der Waals surface area contributed by atoms with Crippen molar-refractivity contribution in [3.8, 4) is 0 Å². The molecule has 7 heteroatoms. The van der Waals surface area contributed by atoms with E-state index in [0.717, 1.165) is 24.8 Å². The normalized spacial score (nSPS) is 23.3. The molecule has 3 atom stereocenters. The lowest BCUT2D eigenvalue weighted by atomic mass is 9.86. The molecule has 3 amide bonds. The van der Waals surface area contributed by atoms with Crippen LogP contribution in [0.4, 0.5) is 5.69 Å². The SMILES string of the molecule is NC(=O)c1cncc(NC(=O)C(=O)N2CC3CCC(C3)C2c2ccccc2)c1. The molecule has 7 nitrogen and oxygen atoms in total. The lowest BCUT2D eigenvalue weighted by molar-refractivity contribution is -0.147. The summed E-state index contributed by atoms with van der Waals surface area (Å²) in [5, 5.41) is 2.56. The number of hydrogen-bond donors (Lipinski definition) is 2. The van der Waals surface area contributed by atoms with Crippen LogP contribution < -0.4 is 11.1 Å². The molecule has 2 fully saturated rings. The third kappa shape index (κ3) is 3.47. The summed E-state index contributed by atoms with van der Waals surface area (Å²) >= 11 is 0. The molecule has 1 aliphatic carbocycles. The lowest BCUT2D eigenvalue weighted by Crippen LogP contribution is -2.47. The Hall–Kier alpha value is -3.22. The van der Waals surface area contributed by atoms with E-state index in [1.807, 2.05) is 30.3 Å². The summed E-state index contributed by atoms with van der Waals surface area (Å²) in [7, 11) is 0. The Morgan fingerprint density at radius 1 is 1.11 bits per heavy atom. The van der Waals surface area contributed by atoms with Gasteiger partial charge in [-0.2, -0.15) is 0 Å². The molecule has 0 spiro atoms. The molecule has 2 aromatic rings. The highest BCUT2D eigenvalue weighted by Gasteiger charge is 2.44. The van der Waals surface area contributed by atoms with Gasteiger partial charge >= 0.3 is 11.8 Å². The minimum absolute atomic E-state index is 0.0896. The van der Waals surface area contributed by atoms with Gasteiger partial charge in [0.1, 0.15) is 0 Å². The summed E-state index contributed by atoms with van der Waals surface area (Å²) in [4.78, 5) is 42.6. The van der Waals surface area contributed by atoms with E-state index < -0.39 is 17.7 Å². The van der Waals surface area contributed by atoms with Gasteiger partial charge in [-0.25, -0.2) is 0 Å². The van der Waals surface area contributed by atoms with Crippen LogP contribution in [0.15, 0.2) is 48.8 Å². The van der Waals surface area contributed by atoms with Gasteiger partial charge in [0.25, 0.3) is 0 Å². The number of carbonyl (C=O) groups excluding carboxylic acids is 3. The zero-order chi connectivity index (χ0) is 19.7. The molecule has 28 heavy (non-hydrogen) atoms. The van der Waals surface area contributed by atoms with E-state index in [1.165, 1.54) is 18.5 Å². The van der Waals surface area contributed by atoms with E-state index in [0.29, 0.717) is 18.4 Å². The van der Waals surface area contributed by atoms with Crippen LogP contribution in [0.5, 0.6) is 0 Å². The van der Waals surface area contributed by atoms with Gasteiger partial charge in [0.15, 0.2) is 0 Å². The number of primary amides is 1. The van der Waals surface area contributed by atoms with Gasteiger partial charge in [0.05, 0.1) is 23.5 Å². The maximum atomic E-state index is 13.0. The number of amides is 3. The molecule has 1 aromatic heterocycles. The van der Waals surface area contributed by atoms with Gasteiger partial charge in [-0.3, -0.25) is 19.4 Å². The Kier molecular flexibility index (Phi) is 4.81. The highest BCUT2D eigenvalue weighted by Crippen LogP contribution is 2.47. The largest absolute Gasteiger partial charge is 0.366 e. The highest BCUT2D eigenvalue weighted by atomic mass is 16.2. The molecule has 3 unspecified atom stereocenters. The molecule has 2 bridgehead atoms. The number of aromatic nitrogens is 1. The Labute approximate surface area is 162 Å². The van der Waals surface area contributed by atoms with Crippen LogP contribution >= 0.6 is 0 Å². The fraction of sp³-hybridized carbons (Fsp3) is 0.333. The molecule has 1 aliphatic heterocycles. The Bertz CT molecular complexity index is 915. The minimum Gasteiger partial charge on any atom is -0.366 e. The summed E-state index contributed by atoms with van der Waals surface area (Å²) < 4.78 is 0. The Balaban J connectivity index is 1.56. The first-order valence-corrected chi connectivity index (χ1v) is 9.44. The summed E-state index contributed by atoms with van der Waals surface area (Å²) in [5.74, 6) is -1.12. The zero-order valence-electron chi connectivity index (χ0n) is 15.4. The van der Waals surface area contributed by atoms with Crippen molar-refractivity contribution in [3.63, 3.8) is 0 Å². The summed E-state index contributed by atoms with van der Waals surface area (Å²) in [6.07, 6.45) is 5.94. The molecule has 144 valence electrons. The maximum Gasteiger partial charge on any atom is 0.313 e. The highest BCUT2D eigenvalue weighted by molar-refractivity contribution is 6.39. The first-order valence-electron chi connectivity index (χ1n) is 9.44. The van der Waals surface area contributed by atoms with Gasteiger partial charge in [0, 0.05) is 12.7 Å². The number of benzene rings is 1. The summed E-state index contributed by atoms with van der Waals surface area (Å²) in [5.41, 5.74) is 6.74. The number of nitrogens with two attached hydrogens (primary N) is 1. The van der Waals surface area contributed by atoms with E-state index in [-0.39, 0.29) is 17.3 Å². The first-order chi connectivity index (χ1) is 13.5. The van der Waals surface area contributed by atoms with Crippen LogP contribution in [-0.4, -0.2) is 34.2 Å². The lowest BCUT2D eigenvalue weighted by Gasteiger charge is -2.40. The van der Waals surface area contributed by atoms with E-state index in [1.54, 1.807) is 4.90 Å². The standard InChI is InChI=1S/C21H22N4O3/c22-19(26)16-9-17(11-23-10-16)24-20(27)21(28)25-12-13-6-7-15(8-13)18(25)14-4-2-1-3-5-14/h1-5,9-11,13,15,18H,6-8,12H2,(H2,22,26)(H,24,27). The van der Waals surface area contributed by atoms with Crippen molar-refractivity contribution >= 4 is 23.4 Å². The van der Waals surface area contributed by atoms with Crippen molar-refractivity contribution in [1.29, 1.82) is 0 Å². The molecular formula is C21H22N4O3. The van der Waals surface area contributed by atoms with Gasteiger partial charge in [-0.05, 0) is 42.7 Å². The molecule has 1 saturated heterocycles. The number of nitrogens with one attached hydrogen (secondary N) is 1. The number of fused-ring (bicyclic) bond motifs is 2. The number of likely N-dealkylation sites (tertiary alicyclic amines) is 1. The summed E-state index contributed by atoms with van der Waals surface area (Å²) in [6, 6.07) is 11.2. The predicted octanol–water partition coefficient (Wildman–Crippen LogP) is 2.12. The topological polar surface area (TPSA) is 105 Å². The first kappa shape index (κ1) is 18.2. The Morgan fingerprint density at radius 2 is 1.89 bits per heavy atom. The second kappa shape index (κ2) is 7.42. The van der Waals surface area contributed by atoms with Crippen LogP contribution in [0.2, 0.25) is 0 Å². The van der Waals surface area contributed by atoms with Gasteiger partial charge in [-0.15, -0.1) is 0 Å². The third-order valence-corrected chi connectivity index (χ3v) is 5.70. The van der Waals surface area contributed by atoms with Crippen molar-refractivity contribution in [2.75, 3.05) is 11.9 Å². The molecule has 1 aromatic carbocycles. The number of carbonyl (C=O) groups is 3. The van der Waals surface area contributed by atoms with Crippen molar-refractivity contribution in [3.05, 3.63) is 59.9 Å². The second-order valence-electron chi connectivity index (χ2n) is 7.53. The molecule has 1 saturated carbocycles. The number of anilines is 1. The Morgan fingerprint density at radius 3 is 2.64 bits per heavy atom. The van der Waals surface area contributed by atoms with Crippen molar-refractivity contribution in [2.24, 2.45) is 17.6 Å². The van der Waals surface area contributed by atoms with Gasteiger partial charge in [-0.1, -0.05) is 30.3 Å². The number of rotatable bonds is 3. The fourth-order valence-electron chi connectivity index (χ4n) is 4.48. The van der Waals surface area contributed by atoms with E-state index in [2.05, 4.69) is 10.3 Å². The van der Waals surface area contributed by atoms with Crippen LogP contribution in [0.1, 0.15) is 41.2 Å². The molecule has 4 rings (SSSR count). The number of nitrogens with zero attached hydrogens (tertiary/aromatic N) is 2. The van der Waals surface area contributed by atoms with Crippen molar-refractivity contribution in [2.45, 2.75) is 25.3 Å². The van der Waals surface area contributed by atoms with Crippen LogP contribution in [0.3, 0.4) is 0 Å². The third-order valence-electron chi connectivity index (χ3n) is 5.70. The van der Waals surface area contributed by atoms with Crippen LogP contribution in [0.25, 0.3) is 0 Å². The zero-order valence-corrected chi connectivity index (χ0v) is 15.4. The minimum atomic E-state index is -0.731. The van der Waals surface area contributed by atoms with Crippen LogP contribution in [-0.2, 0) is 9.59 Å². The van der Waals surface area contributed by atoms with Crippen molar-refractivity contribution < 1.29 is 14.4 Å². The number of hydrogen-bond acceptors (Lipinski definition) is 4. The fourth-order valence-corrected chi connectivity index (χ4v) is 4.48. The van der Waals surface area contributed by atoms with E-state index >= 15 is 0 Å². The maximum absolute atomic E-state index is 13.0. The molecule has 2 aliphatic rings.